The van der Waals surface area contributed by atoms with E-state index in [9.17, 15) is 70.6 Å². The maximum absolute atomic E-state index is 13.7. The van der Waals surface area contributed by atoms with E-state index in [1.807, 2.05) is 0 Å². The molecular formula is C27H45N3O19. The minimum Gasteiger partial charge on any atom is -0.480 e. The fraction of sp³-hybridized carbons (Fsp3) is 0.889. The molecule has 4 heterocycles. The van der Waals surface area contributed by atoms with Gasteiger partial charge in [-0.2, -0.15) is 0 Å². The first-order chi connectivity index (χ1) is 23.1. The smallest absolute Gasteiger partial charge is 0.326 e. The number of nitrogens with zero attached hydrogens (tertiary/aromatic N) is 1. The van der Waals surface area contributed by atoms with Crippen molar-refractivity contribution in [2.75, 3.05) is 26.4 Å². The lowest BCUT2D eigenvalue weighted by Crippen LogP contribution is -2.70. The van der Waals surface area contributed by atoms with Gasteiger partial charge in [-0.15, -0.1) is 0 Å². The number of aliphatic hydroxyl groups is 10. The lowest BCUT2D eigenvalue weighted by atomic mass is 9.95. The second-order valence-electron chi connectivity index (χ2n) is 12.3. The summed E-state index contributed by atoms with van der Waals surface area (Å²) < 4.78 is 28.3. The summed E-state index contributed by atoms with van der Waals surface area (Å²) in [6.45, 7) is -2.66. The van der Waals surface area contributed by atoms with Gasteiger partial charge >= 0.3 is 5.97 Å². The highest BCUT2D eigenvalue weighted by atomic mass is 16.7. The summed E-state index contributed by atoms with van der Waals surface area (Å²) in [5, 5.41) is 115. The number of likely N-dealkylation sites (tertiary alicyclic amines) is 1. The third-order valence-corrected chi connectivity index (χ3v) is 9.01. The SMILES string of the molecule is NC(=O)C[C@H](N[C@H]1O[C@H](CO)[C@@H](O)[C@H](O[C@H]2O[C@H](CO)[C@@H](O)[C@H](O)[C@H]2O)[C@H]1O[C@@H]1O[C@H](CO)[C@@H](O)[C@H](O)[C@H]1O)C(=O)N1CCC[C@H]1C(=O)O. The third kappa shape index (κ3) is 8.47. The number of rotatable bonds is 13. The van der Waals surface area contributed by atoms with Crippen molar-refractivity contribution >= 4 is 17.8 Å². The molecule has 0 aromatic heterocycles. The van der Waals surface area contributed by atoms with Crippen molar-refractivity contribution in [2.24, 2.45) is 5.73 Å². The molecule has 0 spiro atoms. The molecule has 2 amide bonds. The van der Waals surface area contributed by atoms with E-state index in [0.717, 1.165) is 4.90 Å². The monoisotopic (exact) mass is 715 g/mol. The number of aliphatic hydroxyl groups excluding tert-OH is 10. The van der Waals surface area contributed by atoms with Gasteiger partial charge in [-0.05, 0) is 12.8 Å². The average Bonchev–Trinajstić information content (AvgIpc) is 3.57. The highest BCUT2D eigenvalue weighted by Crippen LogP contribution is 2.33. The molecule has 22 heteroatoms. The van der Waals surface area contributed by atoms with Crippen LogP contribution in [0.1, 0.15) is 19.3 Å². The summed E-state index contributed by atoms with van der Waals surface area (Å²) >= 11 is 0. The van der Waals surface area contributed by atoms with Crippen LogP contribution in [0.15, 0.2) is 0 Å². The van der Waals surface area contributed by atoms with Crippen LogP contribution in [0.3, 0.4) is 0 Å². The van der Waals surface area contributed by atoms with E-state index >= 15 is 0 Å². The Hall–Kier alpha value is -2.23. The summed E-state index contributed by atoms with van der Waals surface area (Å²) in [7, 11) is 0. The molecule has 0 saturated carbocycles. The van der Waals surface area contributed by atoms with Gasteiger partial charge in [-0.1, -0.05) is 0 Å². The van der Waals surface area contributed by atoms with Crippen LogP contribution in [0, 0.1) is 0 Å². The number of aliphatic carboxylic acids is 1. The zero-order chi connectivity index (χ0) is 36.3. The molecule has 0 unspecified atom stereocenters. The molecule has 0 aromatic carbocycles. The highest BCUT2D eigenvalue weighted by molar-refractivity contribution is 5.91. The fourth-order valence-electron chi connectivity index (χ4n) is 6.29. The highest BCUT2D eigenvalue weighted by Gasteiger charge is 2.55. The molecule has 4 rings (SSSR count). The quantitative estimate of drug-likeness (QED) is 0.0841. The predicted molar refractivity (Wildman–Crippen MR) is 152 cm³/mol. The number of carbonyl (C=O) groups excluding carboxylic acids is 2. The molecule has 49 heavy (non-hydrogen) atoms. The number of amides is 2. The first-order valence-electron chi connectivity index (χ1n) is 15.6. The van der Waals surface area contributed by atoms with Crippen LogP contribution in [0.4, 0.5) is 0 Å². The lowest BCUT2D eigenvalue weighted by molar-refractivity contribution is -0.373. The van der Waals surface area contributed by atoms with Crippen molar-refractivity contribution in [1.29, 1.82) is 0 Å². The molecule has 14 N–H and O–H groups in total. The Labute approximate surface area is 278 Å². The van der Waals surface area contributed by atoms with Gasteiger partial charge in [0.1, 0.15) is 85.5 Å². The minimum absolute atomic E-state index is 0.00386. The van der Waals surface area contributed by atoms with Crippen molar-refractivity contribution in [2.45, 2.75) is 123 Å². The molecule has 4 aliphatic rings. The molecule has 22 nitrogen and oxygen atoms in total. The Morgan fingerprint density at radius 3 is 1.69 bits per heavy atom. The Morgan fingerprint density at radius 2 is 1.22 bits per heavy atom. The standard InChI is InChI=1S/C27H45N3O19/c28-13(34)4-8(24(42)30-3-1-2-9(30)25(43)44)29-23-22(49-27-20(41)18(39)15(36)11(6-32)47-27)21(16(37)12(7-33)45-23)48-26-19(40)17(38)14(35)10(5-31)46-26/h8-12,14-23,26-27,29,31-33,35-41H,1-7H2,(H2,28,34)(H,43,44)/t8-,9-,10+,11+,12+,14+,15+,16+,17-,18-,19+,20+,21-,22+,23-,26+,27-/m0/s1. The van der Waals surface area contributed by atoms with Crippen LogP contribution in [0.2, 0.25) is 0 Å². The van der Waals surface area contributed by atoms with Crippen molar-refractivity contribution in [3.05, 3.63) is 0 Å². The van der Waals surface area contributed by atoms with E-state index in [1.54, 1.807) is 0 Å². The average molecular weight is 716 g/mol. The molecule has 4 saturated heterocycles. The molecule has 0 aliphatic carbocycles. The van der Waals surface area contributed by atoms with Crippen LogP contribution in [-0.4, -0.2) is 209 Å². The molecule has 0 aromatic rings. The third-order valence-electron chi connectivity index (χ3n) is 9.01. The normalized spacial score (nSPS) is 43.7. The second-order valence-corrected chi connectivity index (χ2v) is 12.3. The second kappa shape index (κ2) is 16.9. The summed E-state index contributed by atoms with van der Waals surface area (Å²) in [4.78, 5) is 38.6. The van der Waals surface area contributed by atoms with E-state index in [1.165, 1.54) is 0 Å². The maximum atomic E-state index is 13.7. The number of hydrogen-bond donors (Lipinski definition) is 13. The van der Waals surface area contributed by atoms with Crippen molar-refractivity contribution in [3.63, 3.8) is 0 Å². The Kier molecular flexibility index (Phi) is 13.6. The van der Waals surface area contributed by atoms with Gasteiger partial charge in [0.15, 0.2) is 12.6 Å². The van der Waals surface area contributed by atoms with E-state index in [0.29, 0.717) is 6.42 Å². The van der Waals surface area contributed by atoms with Gasteiger partial charge in [0, 0.05) is 6.54 Å². The number of carboxylic acids is 1. The predicted octanol–water partition coefficient (Wildman–Crippen LogP) is -8.66. The Morgan fingerprint density at radius 1 is 0.735 bits per heavy atom. The summed E-state index contributed by atoms with van der Waals surface area (Å²) in [6, 6.07) is -2.88. The molecule has 282 valence electrons. The van der Waals surface area contributed by atoms with E-state index in [-0.39, 0.29) is 13.0 Å². The number of hydrogen-bond acceptors (Lipinski definition) is 19. The van der Waals surface area contributed by atoms with Crippen LogP contribution >= 0.6 is 0 Å². The Balaban J connectivity index is 1.72. The van der Waals surface area contributed by atoms with E-state index in [2.05, 4.69) is 5.32 Å². The van der Waals surface area contributed by atoms with Gasteiger partial charge < -0.3 is 90.5 Å². The van der Waals surface area contributed by atoms with Crippen molar-refractivity contribution in [3.8, 4) is 0 Å². The van der Waals surface area contributed by atoms with Crippen LogP contribution in [0.25, 0.3) is 0 Å². The van der Waals surface area contributed by atoms with Crippen LogP contribution < -0.4 is 11.1 Å². The zero-order valence-corrected chi connectivity index (χ0v) is 26.0. The number of nitrogens with two attached hydrogens (primary N) is 1. The van der Waals surface area contributed by atoms with Gasteiger partial charge in [0.05, 0.1) is 32.3 Å². The van der Waals surface area contributed by atoms with Gasteiger partial charge in [-0.3, -0.25) is 14.9 Å². The summed E-state index contributed by atoms with van der Waals surface area (Å²) in [5.41, 5.74) is 5.40. The summed E-state index contributed by atoms with van der Waals surface area (Å²) in [5.74, 6) is -3.23. The largest absolute Gasteiger partial charge is 0.480 e. The minimum atomic E-state index is -2.04. The molecule has 0 bridgehead atoms. The van der Waals surface area contributed by atoms with Crippen LogP contribution in [0.5, 0.6) is 0 Å². The molecular weight excluding hydrogens is 670 g/mol. The number of nitrogens with one attached hydrogen (secondary N) is 1. The van der Waals surface area contributed by atoms with Gasteiger partial charge in [-0.25, -0.2) is 4.79 Å². The summed E-state index contributed by atoms with van der Waals surface area (Å²) in [6.07, 6.45) is -27.8. The number of primary amides is 1. The molecule has 0 radical (unpaired) electrons. The number of carbonyl (C=O) groups is 3. The van der Waals surface area contributed by atoms with Gasteiger partial charge in [0.2, 0.25) is 11.8 Å². The van der Waals surface area contributed by atoms with Crippen molar-refractivity contribution in [1.82, 2.24) is 10.2 Å². The van der Waals surface area contributed by atoms with Crippen LogP contribution in [-0.2, 0) is 38.1 Å². The van der Waals surface area contributed by atoms with E-state index < -0.39 is 148 Å². The lowest BCUT2D eigenvalue weighted by Gasteiger charge is -2.49. The maximum Gasteiger partial charge on any atom is 0.326 e. The number of ether oxygens (including phenoxy) is 5. The van der Waals surface area contributed by atoms with E-state index in [4.69, 9.17) is 29.4 Å². The first kappa shape index (κ1) is 39.6. The topological polar surface area (TPSA) is 361 Å². The fourth-order valence-corrected chi connectivity index (χ4v) is 6.29. The first-order valence-corrected chi connectivity index (χ1v) is 15.6. The molecule has 17 atom stereocenters. The zero-order valence-electron chi connectivity index (χ0n) is 26.0. The number of carboxylic acid groups (broad SMARTS) is 1. The van der Waals surface area contributed by atoms with Gasteiger partial charge in [0.25, 0.3) is 0 Å². The Bertz CT molecular complexity index is 1130. The molecule has 4 fully saturated rings. The molecule has 4 aliphatic heterocycles. The van der Waals surface area contributed by atoms with Crippen molar-refractivity contribution < 1.29 is 94.2 Å².